The average molecular weight is 384 g/mol. The predicted molar refractivity (Wildman–Crippen MR) is 114 cm³/mol. The number of hydrazine groups is 1. The van der Waals surface area contributed by atoms with Crippen LogP contribution < -0.4 is 10.9 Å². The van der Waals surface area contributed by atoms with Crippen molar-refractivity contribution in [1.29, 1.82) is 0 Å². The maximum Gasteiger partial charge on any atom is 0.288 e. The molecule has 0 spiro atoms. The molecule has 0 fully saturated rings. The molecule has 144 valence electrons. The molecule has 29 heavy (non-hydrogen) atoms. The van der Waals surface area contributed by atoms with E-state index in [1.54, 1.807) is 24.3 Å². The maximum atomic E-state index is 12.0. The molecule has 4 aromatic rings. The molecule has 0 aliphatic rings. The summed E-state index contributed by atoms with van der Waals surface area (Å²) in [6.07, 6.45) is 4.63. The van der Waals surface area contributed by atoms with E-state index in [0.717, 1.165) is 23.0 Å². The molecule has 0 bridgehead atoms. The Hall–Kier alpha value is -3.93. The van der Waals surface area contributed by atoms with Crippen molar-refractivity contribution in [3.63, 3.8) is 0 Å². The SMILES string of the molecule is CCn1c2ccccc2c2cc(/C=C/C(=O)NNC(=O)c3ccccn3)ccc21. The minimum absolute atomic E-state index is 0.231. The van der Waals surface area contributed by atoms with Crippen molar-refractivity contribution in [2.45, 2.75) is 13.5 Å². The first-order valence-electron chi connectivity index (χ1n) is 9.38. The monoisotopic (exact) mass is 384 g/mol. The van der Waals surface area contributed by atoms with E-state index in [1.165, 1.54) is 23.2 Å². The Kier molecular flexibility index (Phi) is 5.07. The number of hydrogen-bond donors (Lipinski definition) is 2. The van der Waals surface area contributed by atoms with Crippen LogP contribution in [0.1, 0.15) is 23.0 Å². The summed E-state index contributed by atoms with van der Waals surface area (Å²) in [7, 11) is 0. The van der Waals surface area contributed by atoms with Crippen molar-refractivity contribution < 1.29 is 9.59 Å². The van der Waals surface area contributed by atoms with Gasteiger partial charge in [-0.2, -0.15) is 0 Å². The maximum absolute atomic E-state index is 12.0. The van der Waals surface area contributed by atoms with Gasteiger partial charge in [0.1, 0.15) is 5.69 Å². The van der Waals surface area contributed by atoms with Crippen LogP contribution in [-0.4, -0.2) is 21.4 Å². The van der Waals surface area contributed by atoms with E-state index < -0.39 is 11.8 Å². The van der Waals surface area contributed by atoms with Gasteiger partial charge in [0.15, 0.2) is 0 Å². The molecule has 0 radical (unpaired) electrons. The van der Waals surface area contributed by atoms with Crippen molar-refractivity contribution in [2.75, 3.05) is 0 Å². The van der Waals surface area contributed by atoms with E-state index in [0.29, 0.717) is 0 Å². The van der Waals surface area contributed by atoms with Crippen LogP contribution in [0.2, 0.25) is 0 Å². The second-order valence-electron chi connectivity index (χ2n) is 6.53. The molecule has 4 rings (SSSR count). The minimum atomic E-state index is -0.471. The highest BCUT2D eigenvalue weighted by Gasteiger charge is 2.09. The van der Waals surface area contributed by atoms with Crippen LogP contribution in [0.5, 0.6) is 0 Å². The van der Waals surface area contributed by atoms with Gasteiger partial charge in [0.2, 0.25) is 0 Å². The first-order chi connectivity index (χ1) is 14.2. The van der Waals surface area contributed by atoms with Gasteiger partial charge in [0.25, 0.3) is 11.8 Å². The third kappa shape index (κ3) is 3.73. The summed E-state index contributed by atoms with van der Waals surface area (Å²) >= 11 is 0. The van der Waals surface area contributed by atoms with Crippen LogP contribution in [0.25, 0.3) is 27.9 Å². The van der Waals surface area contributed by atoms with Crippen LogP contribution in [0, 0.1) is 0 Å². The number of carbonyl (C=O) groups excluding carboxylic acids is 2. The van der Waals surface area contributed by atoms with Gasteiger partial charge in [-0.15, -0.1) is 0 Å². The summed E-state index contributed by atoms with van der Waals surface area (Å²) in [5, 5.41) is 2.33. The van der Waals surface area contributed by atoms with Gasteiger partial charge in [0, 0.05) is 40.6 Å². The predicted octanol–water partition coefficient (Wildman–Crippen LogP) is 3.68. The zero-order valence-corrected chi connectivity index (χ0v) is 15.9. The van der Waals surface area contributed by atoms with E-state index in [2.05, 4.69) is 51.6 Å². The molecule has 0 unspecified atom stereocenters. The Balaban J connectivity index is 1.50. The average Bonchev–Trinajstić information content (AvgIpc) is 3.09. The largest absolute Gasteiger partial charge is 0.341 e. The molecule has 2 aromatic heterocycles. The number of para-hydroxylation sites is 1. The van der Waals surface area contributed by atoms with E-state index in [1.807, 2.05) is 18.2 Å². The molecular formula is C23H20N4O2. The summed E-state index contributed by atoms with van der Waals surface area (Å²) in [6.45, 7) is 3.01. The van der Waals surface area contributed by atoms with Gasteiger partial charge in [-0.05, 0) is 48.9 Å². The molecule has 2 heterocycles. The van der Waals surface area contributed by atoms with Crippen molar-refractivity contribution in [3.05, 3.63) is 84.2 Å². The molecular weight excluding hydrogens is 364 g/mol. The summed E-state index contributed by atoms with van der Waals surface area (Å²) in [5.41, 5.74) is 8.20. The van der Waals surface area contributed by atoms with Crippen LogP contribution >= 0.6 is 0 Å². The first kappa shape index (κ1) is 18.4. The van der Waals surface area contributed by atoms with Crippen molar-refractivity contribution in [2.24, 2.45) is 0 Å². The number of carbonyl (C=O) groups is 2. The van der Waals surface area contributed by atoms with Crippen molar-refractivity contribution in [3.8, 4) is 0 Å². The lowest BCUT2D eigenvalue weighted by atomic mass is 10.1. The highest BCUT2D eigenvalue weighted by Crippen LogP contribution is 2.29. The number of benzene rings is 2. The topological polar surface area (TPSA) is 76.0 Å². The lowest BCUT2D eigenvalue weighted by molar-refractivity contribution is -0.117. The molecule has 2 amide bonds. The Morgan fingerprint density at radius 2 is 1.76 bits per heavy atom. The number of aromatic nitrogens is 2. The number of fused-ring (bicyclic) bond motifs is 3. The number of amides is 2. The molecule has 6 heteroatoms. The van der Waals surface area contributed by atoms with Crippen molar-refractivity contribution in [1.82, 2.24) is 20.4 Å². The molecule has 6 nitrogen and oxygen atoms in total. The molecule has 0 saturated carbocycles. The lowest BCUT2D eigenvalue weighted by Crippen LogP contribution is -2.41. The van der Waals surface area contributed by atoms with Gasteiger partial charge in [-0.3, -0.25) is 25.4 Å². The summed E-state index contributed by atoms with van der Waals surface area (Å²) in [4.78, 5) is 27.9. The Labute approximate surface area is 167 Å². The quantitative estimate of drug-likeness (QED) is 0.416. The van der Waals surface area contributed by atoms with Gasteiger partial charge in [0.05, 0.1) is 0 Å². The second kappa shape index (κ2) is 7.98. The Morgan fingerprint density at radius 1 is 0.966 bits per heavy atom. The van der Waals surface area contributed by atoms with Gasteiger partial charge in [-0.1, -0.05) is 30.3 Å². The molecule has 2 aromatic carbocycles. The Bertz CT molecular complexity index is 1230. The number of hydrogen-bond acceptors (Lipinski definition) is 3. The molecule has 0 aliphatic heterocycles. The fourth-order valence-corrected chi connectivity index (χ4v) is 3.41. The van der Waals surface area contributed by atoms with E-state index >= 15 is 0 Å². The second-order valence-corrected chi connectivity index (χ2v) is 6.53. The summed E-state index contributed by atoms with van der Waals surface area (Å²) in [5.74, 6) is -0.897. The van der Waals surface area contributed by atoms with Gasteiger partial charge >= 0.3 is 0 Å². The number of nitrogens with one attached hydrogen (secondary N) is 2. The van der Waals surface area contributed by atoms with E-state index in [-0.39, 0.29) is 5.69 Å². The van der Waals surface area contributed by atoms with Gasteiger partial charge in [-0.25, -0.2) is 0 Å². The molecule has 0 atom stereocenters. The molecule has 0 aliphatic carbocycles. The number of nitrogens with zero attached hydrogens (tertiary/aromatic N) is 2. The highest BCUT2D eigenvalue weighted by atomic mass is 16.2. The highest BCUT2D eigenvalue weighted by molar-refractivity contribution is 6.08. The summed E-state index contributed by atoms with van der Waals surface area (Å²) in [6, 6.07) is 19.4. The number of rotatable bonds is 4. The zero-order valence-electron chi connectivity index (χ0n) is 15.9. The Morgan fingerprint density at radius 3 is 2.55 bits per heavy atom. The third-order valence-electron chi connectivity index (χ3n) is 4.74. The molecule has 0 saturated heterocycles. The third-order valence-corrected chi connectivity index (χ3v) is 4.74. The number of pyridine rings is 1. The van der Waals surface area contributed by atoms with Crippen LogP contribution in [0.4, 0.5) is 0 Å². The van der Waals surface area contributed by atoms with E-state index in [4.69, 9.17) is 0 Å². The molecule has 2 N–H and O–H groups in total. The van der Waals surface area contributed by atoms with Gasteiger partial charge < -0.3 is 4.57 Å². The fourth-order valence-electron chi connectivity index (χ4n) is 3.41. The minimum Gasteiger partial charge on any atom is -0.341 e. The van der Waals surface area contributed by atoms with Crippen LogP contribution in [-0.2, 0) is 11.3 Å². The smallest absolute Gasteiger partial charge is 0.288 e. The first-order valence-corrected chi connectivity index (χ1v) is 9.38. The normalized spacial score (nSPS) is 11.2. The standard InChI is InChI=1S/C23H20N4O2/c1-2-27-20-9-4-3-7-17(20)18-15-16(10-12-21(18)27)11-13-22(28)25-26-23(29)19-8-5-6-14-24-19/h3-15H,2H2,1H3,(H,25,28)(H,26,29)/b13-11+. The van der Waals surface area contributed by atoms with Crippen LogP contribution in [0.15, 0.2) is 72.9 Å². The summed E-state index contributed by atoms with van der Waals surface area (Å²) < 4.78 is 2.28. The lowest BCUT2D eigenvalue weighted by Gasteiger charge is -2.04. The van der Waals surface area contributed by atoms with Crippen LogP contribution in [0.3, 0.4) is 0 Å². The number of aryl methyl sites for hydroxylation is 1. The zero-order chi connectivity index (χ0) is 20.2. The fraction of sp³-hybridized carbons (Fsp3) is 0.0870. The van der Waals surface area contributed by atoms with E-state index in [9.17, 15) is 9.59 Å². The van der Waals surface area contributed by atoms with Crippen molar-refractivity contribution >= 4 is 39.7 Å².